The van der Waals surface area contributed by atoms with Gasteiger partial charge in [0, 0.05) is 0 Å². The molecule has 0 aromatic heterocycles. The maximum Gasteiger partial charge on any atom is 0.512 e. The number of halogens is 3. The van der Waals surface area contributed by atoms with E-state index in [0.717, 1.165) is 14.7 Å². The van der Waals surface area contributed by atoms with Gasteiger partial charge in [-0.3, -0.25) is 4.18 Å². The van der Waals surface area contributed by atoms with E-state index >= 15 is 0 Å². The van der Waals surface area contributed by atoms with E-state index in [1.807, 2.05) is 72.8 Å². The Morgan fingerprint density at radius 2 is 1.24 bits per heavy atom. The summed E-state index contributed by atoms with van der Waals surface area (Å²) in [5, 5.41) is 0. The largest absolute Gasteiger partial charge is 0.512 e. The SMILES string of the molecule is CC(C)C(COc1ccc([S+](c2ccccc2)c2ccccc2)cc1)OS(=O)(=O)NS(=O)(=O)C(F)(F)F. The highest BCUT2D eigenvalue weighted by Gasteiger charge is 2.49. The van der Waals surface area contributed by atoms with Gasteiger partial charge in [-0.15, -0.1) is 0 Å². The number of hydrogen-bond donors (Lipinski definition) is 1. The fourth-order valence-electron chi connectivity index (χ4n) is 3.07. The molecule has 7 nitrogen and oxygen atoms in total. The van der Waals surface area contributed by atoms with Crippen LogP contribution >= 0.6 is 0 Å². The quantitative estimate of drug-likeness (QED) is 0.327. The first-order valence-corrected chi connectivity index (χ1v) is 15.0. The highest BCUT2D eigenvalue weighted by Crippen LogP contribution is 2.32. The van der Waals surface area contributed by atoms with Gasteiger partial charge in [0.15, 0.2) is 14.7 Å². The van der Waals surface area contributed by atoms with Crippen molar-refractivity contribution in [2.75, 3.05) is 6.61 Å². The average Bonchev–Trinajstić information content (AvgIpc) is 2.82. The van der Waals surface area contributed by atoms with Gasteiger partial charge in [0.2, 0.25) is 0 Å². The molecule has 0 amide bonds. The summed E-state index contributed by atoms with van der Waals surface area (Å²) in [4.78, 5) is 3.23. The lowest BCUT2D eigenvalue weighted by atomic mass is 10.1. The smallest absolute Gasteiger partial charge is 0.491 e. The molecule has 0 aliphatic heterocycles. The molecule has 1 unspecified atom stereocenters. The molecular weight excluding hydrogens is 551 g/mol. The highest BCUT2D eigenvalue weighted by molar-refractivity contribution is 8.03. The number of ether oxygens (including phenoxy) is 1. The van der Waals surface area contributed by atoms with Crippen molar-refractivity contribution in [3.8, 4) is 5.75 Å². The second-order valence-electron chi connectivity index (χ2n) is 8.08. The zero-order chi connectivity index (χ0) is 27.3. The topological polar surface area (TPSA) is 98.8 Å². The fourth-order valence-corrected chi connectivity index (χ4v) is 7.36. The number of alkyl halides is 3. The van der Waals surface area contributed by atoms with Crippen LogP contribution in [0.15, 0.2) is 99.6 Å². The summed E-state index contributed by atoms with van der Waals surface area (Å²) in [6, 6.07) is 27.0. The molecule has 0 fully saturated rings. The molecule has 3 rings (SSSR count). The molecule has 3 aromatic rings. The van der Waals surface area contributed by atoms with Gasteiger partial charge in [0.1, 0.15) is 18.5 Å². The molecule has 0 saturated carbocycles. The normalized spacial score (nSPS) is 13.6. The van der Waals surface area contributed by atoms with E-state index in [9.17, 15) is 30.0 Å². The van der Waals surface area contributed by atoms with Gasteiger partial charge in [-0.2, -0.15) is 21.6 Å². The van der Waals surface area contributed by atoms with Gasteiger partial charge >= 0.3 is 25.8 Å². The molecule has 0 aliphatic carbocycles. The lowest BCUT2D eigenvalue weighted by molar-refractivity contribution is -0.0443. The van der Waals surface area contributed by atoms with Crippen LogP contribution in [-0.4, -0.2) is 35.1 Å². The lowest BCUT2D eigenvalue weighted by Gasteiger charge is -2.21. The number of sulfonamides is 1. The molecular formula is C24H25F3NO6S3+. The van der Waals surface area contributed by atoms with Crippen molar-refractivity contribution in [1.82, 2.24) is 4.13 Å². The van der Waals surface area contributed by atoms with Gasteiger partial charge in [-0.05, 0) is 54.4 Å². The second-order valence-corrected chi connectivity index (χ2v) is 13.3. The average molecular weight is 577 g/mol. The molecule has 1 atom stereocenters. The standard InChI is InChI=1S/C24H25F3NO6S3/c1-18(2)23(34-37(31,32)28-36(29,30)24(25,26)27)17-33-19-13-15-22(16-14-19)35(20-9-5-3-6-10-20)21-11-7-4-8-12-21/h3-16,18,23,28H,17H2,1-2H3/q+1. The van der Waals surface area contributed by atoms with Crippen LogP contribution in [0.3, 0.4) is 0 Å². The van der Waals surface area contributed by atoms with E-state index in [1.165, 1.54) is 0 Å². The number of benzene rings is 3. The molecule has 13 heteroatoms. The van der Waals surface area contributed by atoms with E-state index in [1.54, 1.807) is 26.0 Å². The van der Waals surface area contributed by atoms with E-state index in [2.05, 4.69) is 4.18 Å². The Bertz CT molecular complexity index is 1330. The van der Waals surface area contributed by atoms with Crippen molar-refractivity contribution in [2.24, 2.45) is 5.92 Å². The predicted molar refractivity (Wildman–Crippen MR) is 134 cm³/mol. The Labute approximate surface area is 217 Å². The Hall–Kier alpha value is -2.58. The second kappa shape index (κ2) is 11.9. The minimum Gasteiger partial charge on any atom is -0.491 e. The molecule has 0 spiro atoms. The summed E-state index contributed by atoms with van der Waals surface area (Å²) in [6.07, 6.45) is -1.26. The van der Waals surface area contributed by atoms with Crippen LogP contribution in [0.5, 0.6) is 5.75 Å². The molecule has 1 N–H and O–H groups in total. The van der Waals surface area contributed by atoms with Crippen LogP contribution in [0.2, 0.25) is 0 Å². The van der Waals surface area contributed by atoms with Crippen molar-refractivity contribution >= 4 is 31.2 Å². The maximum atomic E-state index is 12.5. The summed E-state index contributed by atoms with van der Waals surface area (Å²) < 4.78 is 94.7. The minimum atomic E-state index is -6.16. The summed E-state index contributed by atoms with van der Waals surface area (Å²) in [7, 11) is -11.8. The van der Waals surface area contributed by atoms with Crippen molar-refractivity contribution in [1.29, 1.82) is 0 Å². The first-order chi connectivity index (χ1) is 17.3. The van der Waals surface area contributed by atoms with Crippen molar-refractivity contribution in [3.05, 3.63) is 84.9 Å². The third-order valence-corrected chi connectivity index (χ3v) is 9.98. The van der Waals surface area contributed by atoms with Gasteiger partial charge in [-0.25, -0.2) is 8.42 Å². The van der Waals surface area contributed by atoms with Gasteiger partial charge < -0.3 is 4.74 Å². The van der Waals surface area contributed by atoms with Crippen molar-refractivity contribution in [2.45, 2.75) is 40.1 Å². The molecule has 200 valence electrons. The summed E-state index contributed by atoms with van der Waals surface area (Å²) in [5.74, 6) is -0.164. The molecule has 37 heavy (non-hydrogen) atoms. The summed E-state index contributed by atoms with van der Waals surface area (Å²) in [5.41, 5.74) is -5.81. The molecule has 0 aliphatic rings. The zero-order valence-electron chi connectivity index (χ0n) is 19.8. The van der Waals surface area contributed by atoms with Gasteiger partial charge in [0.05, 0.1) is 10.9 Å². The fraction of sp³-hybridized carbons (Fsp3) is 0.250. The van der Waals surface area contributed by atoms with E-state index in [4.69, 9.17) is 4.74 Å². The van der Waals surface area contributed by atoms with Gasteiger partial charge in [-0.1, -0.05) is 54.4 Å². The summed E-state index contributed by atoms with van der Waals surface area (Å²) in [6.45, 7) is 2.75. The van der Waals surface area contributed by atoms with E-state index in [0.29, 0.717) is 9.88 Å². The van der Waals surface area contributed by atoms with Crippen LogP contribution in [0.4, 0.5) is 13.2 Å². The van der Waals surface area contributed by atoms with Crippen molar-refractivity contribution in [3.63, 3.8) is 0 Å². The zero-order valence-corrected chi connectivity index (χ0v) is 22.2. The number of rotatable bonds is 11. The van der Waals surface area contributed by atoms with Gasteiger partial charge in [0.25, 0.3) is 0 Å². The first-order valence-electron chi connectivity index (χ1n) is 10.9. The van der Waals surface area contributed by atoms with Crippen molar-refractivity contribution < 1.29 is 38.9 Å². The minimum absolute atomic E-state index is 0.354. The first kappa shape index (κ1) is 29.0. The van der Waals surface area contributed by atoms with Crippen LogP contribution in [0.25, 0.3) is 0 Å². The molecule has 3 aromatic carbocycles. The predicted octanol–water partition coefficient (Wildman–Crippen LogP) is 4.89. The Morgan fingerprint density at radius 1 is 0.784 bits per heavy atom. The van der Waals surface area contributed by atoms with Crippen LogP contribution in [0, 0.1) is 5.92 Å². The monoisotopic (exact) mass is 576 g/mol. The lowest BCUT2D eigenvalue weighted by Crippen LogP contribution is -2.43. The van der Waals surface area contributed by atoms with Crippen LogP contribution < -0.4 is 8.86 Å². The van der Waals surface area contributed by atoms with E-state index in [-0.39, 0.29) is 6.61 Å². The highest BCUT2D eigenvalue weighted by atomic mass is 32.3. The molecule has 0 radical (unpaired) electrons. The van der Waals surface area contributed by atoms with Crippen LogP contribution in [0.1, 0.15) is 13.8 Å². The maximum absolute atomic E-state index is 12.5. The Balaban J connectivity index is 1.74. The molecule has 0 heterocycles. The third kappa shape index (κ3) is 7.95. The van der Waals surface area contributed by atoms with Crippen LogP contribution in [-0.2, 0) is 35.4 Å². The number of hydrogen-bond acceptors (Lipinski definition) is 6. The third-order valence-electron chi connectivity index (χ3n) is 4.94. The summed E-state index contributed by atoms with van der Waals surface area (Å²) >= 11 is 0. The Morgan fingerprint density at radius 3 is 1.68 bits per heavy atom. The molecule has 0 bridgehead atoms. The Kier molecular flexibility index (Phi) is 9.29. The molecule has 0 saturated heterocycles. The van der Waals surface area contributed by atoms with E-state index < -0.39 is 48.8 Å². The number of nitrogens with one attached hydrogen (secondary N) is 1.